The number of carbonyl (C=O) groups excluding carboxylic acids is 1. The average molecular weight is 308 g/mol. The van der Waals surface area contributed by atoms with E-state index in [0.29, 0.717) is 17.8 Å². The van der Waals surface area contributed by atoms with Crippen molar-refractivity contribution in [1.82, 2.24) is 14.6 Å². The highest BCUT2D eigenvalue weighted by molar-refractivity contribution is 5.94. The predicted octanol–water partition coefficient (Wildman–Crippen LogP) is 3.42. The van der Waals surface area contributed by atoms with Gasteiger partial charge in [-0.2, -0.15) is 5.10 Å². The van der Waals surface area contributed by atoms with Crippen molar-refractivity contribution in [2.24, 2.45) is 0 Å². The van der Waals surface area contributed by atoms with Crippen LogP contribution < -0.4 is 5.32 Å². The number of nitrogens with one attached hydrogen (secondary N) is 1. The maximum Gasteiger partial charge on any atom is 0.224 e. The second kappa shape index (κ2) is 6.60. The van der Waals surface area contributed by atoms with Gasteiger partial charge >= 0.3 is 0 Å². The number of pyridine rings is 1. The van der Waals surface area contributed by atoms with Crippen LogP contribution in [0.25, 0.3) is 5.65 Å². The molecule has 0 atom stereocenters. The van der Waals surface area contributed by atoms with E-state index in [2.05, 4.69) is 15.4 Å². The number of nitrogens with zero attached hydrogens (tertiary/aromatic N) is 3. The Kier molecular flexibility index (Phi) is 4.37. The van der Waals surface area contributed by atoms with Gasteiger partial charge in [0.1, 0.15) is 0 Å². The monoisotopic (exact) mass is 308 g/mol. The minimum Gasteiger partial charge on any atom is -0.323 e. The first kappa shape index (κ1) is 15.2. The van der Waals surface area contributed by atoms with E-state index in [1.165, 1.54) is 0 Å². The Morgan fingerprint density at radius 2 is 1.96 bits per heavy atom. The highest BCUT2D eigenvalue weighted by Gasteiger charge is 2.12. The summed E-state index contributed by atoms with van der Waals surface area (Å²) in [6.45, 7) is 4.10. The molecule has 2 aromatic heterocycles. The third kappa shape index (κ3) is 3.56. The lowest BCUT2D eigenvalue weighted by atomic mass is 10.1. The van der Waals surface area contributed by atoms with Crippen molar-refractivity contribution in [3.63, 3.8) is 0 Å². The van der Waals surface area contributed by atoms with Gasteiger partial charge in [0, 0.05) is 18.5 Å². The zero-order chi connectivity index (χ0) is 16.2. The number of hydrogen-bond donors (Lipinski definition) is 1. The van der Waals surface area contributed by atoms with Crippen LogP contribution in [0.3, 0.4) is 0 Å². The fraction of sp³-hybridized carbons (Fsp3) is 0.278. The normalized spacial score (nSPS) is 11.1. The van der Waals surface area contributed by atoms with E-state index in [1.807, 2.05) is 62.5 Å². The van der Waals surface area contributed by atoms with Crippen LogP contribution in [-0.2, 0) is 11.2 Å². The van der Waals surface area contributed by atoms with Gasteiger partial charge in [0.2, 0.25) is 5.91 Å². The van der Waals surface area contributed by atoms with Crippen molar-refractivity contribution < 1.29 is 4.79 Å². The Balaban J connectivity index is 1.72. The topological polar surface area (TPSA) is 59.3 Å². The predicted molar refractivity (Wildman–Crippen MR) is 90.5 cm³/mol. The smallest absolute Gasteiger partial charge is 0.224 e. The molecule has 0 bridgehead atoms. The molecule has 5 heteroatoms. The van der Waals surface area contributed by atoms with Crippen LogP contribution in [0.15, 0.2) is 48.7 Å². The molecule has 0 radical (unpaired) electrons. The van der Waals surface area contributed by atoms with Crippen molar-refractivity contribution in [3.05, 3.63) is 60.0 Å². The SMILES string of the molecule is CC(C)c1nc2c(NC(=O)CCc3ccccc3)cccn2n1. The molecule has 0 aliphatic carbocycles. The fourth-order valence-electron chi connectivity index (χ4n) is 2.38. The van der Waals surface area contributed by atoms with E-state index in [-0.39, 0.29) is 11.8 Å². The molecule has 5 nitrogen and oxygen atoms in total. The molecule has 0 spiro atoms. The van der Waals surface area contributed by atoms with Gasteiger partial charge in [0.05, 0.1) is 5.69 Å². The summed E-state index contributed by atoms with van der Waals surface area (Å²) in [6, 6.07) is 13.7. The summed E-state index contributed by atoms with van der Waals surface area (Å²) >= 11 is 0. The molecule has 118 valence electrons. The zero-order valence-electron chi connectivity index (χ0n) is 13.4. The third-order valence-electron chi connectivity index (χ3n) is 3.65. The van der Waals surface area contributed by atoms with E-state index in [0.717, 1.165) is 17.8 Å². The van der Waals surface area contributed by atoms with Crippen LogP contribution in [0.1, 0.15) is 37.6 Å². The molecule has 23 heavy (non-hydrogen) atoms. The van der Waals surface area contributed by atoms with Crippen molar-refractivity contribution >= 4 is 17.2 Å². The Morgan fingerprint density at radius 1 is 1.17 bits per heavy atom. The highest BCUT2D eigenvalue weighted by atomic mass is 16.1. The second-order valence-corrected chi connectivity index (χ2v) is 5.85. The van der Waals surface area contributed by atoms with Crippen molar-refractivity contribution in [2.75, 3.05) is 5.32 Å². The van der Waals surface area contributed by atoms with Crippen molar-refractivity contribution in [1.29, 1.82) is 0 Å². The van der Waals surface area contributed by atoms with Gasteiger partial charge < -0.3 is 5.32 Å². The van der Waals surface area contributed by atoms with Crippen LogP contribution >= 0.6 is 0 Å². The number of carbonyl (C=O) groups is 1. The number of amides is 1. The molecule has 3 aromatic rings. The maximum absolute atomic E-state index is 12.2. The van der Waals surface area contributed by atoms with E-state index >= 15 is 0 Å². The largest absolute Gasteiger partial charge is 0.323 e. The molecule has 1 N–H and O–H groups in total. The molecule has 0 saturated heterocycles. The van der Waals surface area contributed by atoms with E-state index in [9.17, 15) is 4.79 Å². The summed E-state index contributed by atoms with van der Waals surface area (Å²) in [4.78, 5) is 16.7. The quantitative estimate of drug-likeness (QED) is 0.785. The van der Waals surface area contributed by atoms with Crippen LogP contribution in [0.4, 0.5) is 5.69 Å². The molecule has 0 aliphatic rings. The van der Waals surface area contributed by atoms with Crippen molar-refractivity contribution in [3.8, 4) is 0 Å². The number of aromatic nitrogens is 3. The van der Waals surface area contributed by atoms with Gasteiger partial charge in [-0.15, -0.1) is 0 Å². The zero-order valence-corrected chi connectivity index (χ0v) is 13.4. The lowest BCUT2D eigenvalue weighted by molar-refractivity contribution is -0.116. The summed E-state index contributed by atoms with van der Waals surface area (Å²) in [5, 5.41) is 7.37. The molecule has 1 aromatic carbocycles. The number of aryl methyl sites for hydroxylation is 1. The van der Waals surface area contributed by atoms with Gasteiger partial charge in [0.15, 0.2) is 11.5 Å². The lowest BCUT2D eigenvalue weighted by Crippen LogP contribution is -2.13. The van der Waals surface area contributed by atoms with Gasteiger partial charge in [-0.1, -0.05) is 44.2 Å². The molecule has 3 rings (SSSR count). The molecular weight excluding hydrogens is 288 g/mol. The number of rotatable bonds is 5. The van der Waals surface area contributed by atoms with Gasteiger partial charge in [0.25, 0.3) is 0 Å². The van der Waals surface area contributed by atoms with Gasteiger partial charge in [-0.05, 0) is 24.1 Å². The molecular formula is C18H20N4O. The minimum absolute atomic E-state index is 0.0175. The van der Waals surface area contributed by atoms with Crippen LogP contribution in [0, 0.1) is 0 Å². The van der Waals surface area contributed by atoms with E-state index < -0.39 is 0 Å². The molecule has 0 saturated carbocycles. The molecule has 0 aliphatic heterocycles. The van der Waals surface area contributed by atoms with E-state index in [1.54, 1.807) is 4.52 Å². The number of benzene rings is 1. The summed E-state index contributed by atoms with van der Waals surface area (Å²) in [5.74, 6) is 1.00. The van der Waals surface area contributed by atoms with Gasteiger partial charge in [-0.3, -0.25) is 4.79 Å². The fourth-order valence-corrected chi connectivity index (χ4v) is 2.38. The van der Waals surface area contributed by atoms with Crippen molar-refractivity contribution in [2.45, 2.75) is 32.6 Å². The highest BCUT2D eigenvalue weighted by Crippen LogP contribution is 2.18. The maximum atomic E-state index is 12.2. The molecule has 0 fully saturated rings. The second-order valence-electron chi connectivity index (χ2n) is 5.85. The third-order valence-corrected chi connectivity index (χ3v) is 3.65. The molecule has 2 heterocycles. The Bertz CT molecular complexity index is 808. The van der Waals surface area contributed by atoms with Crippen LogP contribution in [0.2, 0.25) is 0 Å². The standard InChI is InChI=1S/C18H20N4O/c1-13(2)17-20-18-15(9-6-12-22(18)21-17)19-16(23)11-10-14-7-4-3-5-8-14/h3-9,12-13H,10-11H2,1-2H3,(H,19,23). The van der Waals surface area contributed by atoms with Crippen LogP contribution in [0.5, 0.6) is 0 Å². The van der Waals surface area contributed by atoms with Crippen LogP contribution in [-0.4, -0.2) is 20.5 Å². The number of hydrogen-bond acceptors (Lipinski definition) is 3. The molecule has 1 amide bonds. The summed E-state index contributed by atoms with van der Waals surface area (Å²) in [5.41, 5.74) is 2.54. The Morgan fingerprint density at radius 3 is 2.70 bits per heavy atom. The summed E-state index contributed by atoms with van der Waals surface area (Å²) < 4.78 is 1.71. The Labute approximate surface area is 135 Å². The summed E-state index contributed by atoms with van der Waals surface area (Å²) in [6.07, 6.45) is 3.00. The van der Waals surface area contributed by atoms with E-state index in [4.69, 9.17) is 0 Å². The first-order chi connectivity index (χ1) is 11.1. The first-order valence-corrected chi connectivity index (χ1v) is 7.82. The Hall–Kier alpha value is -2.69. The summed E-state index contributed by atoms with van der Waals surface area (Å²) in [7, 11) is 0. The number of anilines is 1. The lowest BCUT2D eigenvalue weighted by Gasteiger charge is -2.06. The minimum atomic E-state index is -0.0175. The van der Waals surface area contributed by atoms with Gasteiger partial charge in [-0.25, -0.2) is 9.50 Å². The number of fused-ring (bicyclic) bond motifs is 1. The first-order valence-electron chi connectivity index (χ1n) is 7.82. The molecule has 0 unspecified atom stereocenters. The average Bonchev–Trinajstić information content (AvgIpc) is 3.00.